The Bertz CT molecular complexity index is 863. The van der Waals surface area contributed by atoms with E-state index in [0.29, 0.717) is 44.8 Å². The molecule has 0 radical (unpaired) electrons. The first-order valence-corrected chi connectivity index (χ1v) is 9.80. The first-order valence-electron chi connectivity index (χ1n) is 9.80. The van der Waals surface area contributed by atoms with Crippen molar-refractivity contribution in [3.63, 3.8) is 0 Å². The quantitative estimate of drug-likeness (QED) is 0.602. The van der Waals surface area contributed by atoms with E-state index in [2.05, 4.69) is 16.0 Å². The van der Waals surface area contributed by atoms with E-state index in [-0.39, 0.29) is 11.9 Å². The molecule has 1 saturated heterocycles. The number of amides is 3. The molecule has 0 bridgehead atoms. The number of rotatable bonds is 6. The van der Waals surface area contributed by atoms with E-state index in [9.17, 15) is 9.59 Å². The number of carbonyl (C=O) groups excluding carboxylic acids is 2. The molecule has 1 fully saturated rings. The number of nitrogens with two attached hydrogens (primary N) is 1. The summed E-state index contributed by atoms with van der Waals surface area (Å²) in [5, 5.41) is 8.62. The van der Waals surface area contributed by atoms with Crippen LogP contribution in [-0.4, -0.2) is 31.7 Å². The van der Waals surface area contributed by atoms with Crippen LogP contribution in [0, 0.1) is 12.3 Å². The molecule has 7 heteroatoms. The van der Waals surface area contributed by atoms with E-state index in [0.717, 1.165) is 16.8 Å². The molecule has 7 nitrogen and oxygen atoms in total. The van der Waals surface area contributed by atoms with Crippen LogP contribution < -0.4 is 21.7 Å². The van der Waals surface area contributed by atoms with Crippen molar-refractivity contribution in [2.45, 2.75) is 26.3 Å². The monoisotopic (exact) mass is 396 g/mol. The summed E-state index contributed by atoms with van der Waals surface area (Å²) >= 11 is 0. The highest BCUT2D eigenvalue weighted by Crippen LogP contribution is 2.29. The lowest BCUT2D eigenvalue weighted by molar-refractivity contribution is -0.136. The van der Waals surface area contributed by atoms with Crippen molar-refractivity contribution in [3.05, 3.63) is 59.7 Å². The third-order valence-electron chi connectivity index (χ3n) is 5.24. The highest BCUT2D eigenvalue weighted by molar-refractivity contribution is 5.99. The van der Waals surface area contributed by atoms with Crippen LogP contribution in [0.3, 0.4) is 0 Å². The van der Waals surface area contributed by atoms with Gasteiger partial charge >= 0.3 is 6.03 Å². The summed E-state index contributed by atoms with van der Waals surface area (Å²) in [5.41, 5.74) is 8.68. The van der Waals surface area contributed by atoms with E-state index in [1.54, 1.807) is 6.07 Å². The second-order valence-electron chi connectivity index (χ2n) is 7.43. The molecule has 0 atom stereocenters. The van der Waals surface area contributed by atoms with E-state index in [1.807, 2.05) is 49.4 Å². The van der Waals surface area contributed by atoms with Gasteiger partial charge in [-0.3, -0.25) is 4.79 Å². The van der Waals surface area contributed by atoms with Gasteiger partial charge in [0.1, 0.15) is 0 Å². The molecular formula is C22H28N4O3. The molecule has 154 valence electrons. The second-order valence-corrected chi connectivity index (χ2v) is 7.43. The minimum atomic E-state index is -0.554. The summed E-state index contributed by atoms with van der Waals surface area (Å²) in [6.45, 7) is 3.76. The molecule has 3 amide bonds. The number of nitrogens with one attached hydrogen (secondary N) is 3. The molecular weight excluding hydrogens is 368 g/mol. The summed E-state index contributed by atoms with van der Waals surface area (Å²) in [4.78, 5) is 24.9. The van der Waals surface area contributed by atoms with Crippen molar-refractivity contribution in [2.75, 3.05) is 30.4 Å². The van der Waals surface area contributed by atoms with Gasteiger partial charge in [0, 0.05) is 37.7 Å². The highest BCUT2D eigenvalue weighted by atomic mass is 16.5. The Labute approximate surface area is 171 Å². The first kappa shape index (κ1) is 20.8. The molecule has 0 unspecified atom stereocenters. The smallest absolute Gasteiger partial charge is 0.323 e. The van der Waals surface area contributed by atoms with Gasteiger partial charge in [0.25, 0.3) is 0 Å². The fourth-order valence-electron chi connectivity index (χ4n) is 3.43. The van der Waals surface area contributed by atoms with Crippen LogP contribution in [-0.2, 0) is 16.1 Å². The maximum atomic E-state index is 12.7. The number of hydrogen-bond acceptors (Lipinski definition) is 4. The summed E-state index contributed by atoms with van der Waals surface area (Å²) < 4.78 is 5.36. The summed E-state index contributed by atoms with van der Waals surface area (Å²) in [7, 11) is 0. The van der Waals surface area contributed by atoms with Crippen LogP contribution in [0.4, 0.5) is 16.2 Å². The van der Waals surface area contributed by atoms with E-state index in [1.165, 1.54) is 0 Å². The van der Waals surface area contributed by atoms with E-state index in [4.69, 9.17) is 10.5 Å². The number of ether oxygens (including phenoxy) is 1. The van der Waals surface area contributed by atoms with Crippen molar-refractivity contribution in [1.29, 1.82) is 0 Å². The summed E-state index contributed by atoms with van der Waals surface area (Å²) in [6, 6.07) is 14.7. The van der Waals surface area contributed by atoms with Crippen LogP contribution in [0.15, 0.2) is 48.5 Å². The Balaban J connectivity index is 1.56. The first-order chi connectivity index (χ1) is 14.0. The molecule has 2 aromatic carbocycles. The SMILES string of the molecule is Cc1cccc(NC(=O)Nc2cccc(CNC(=O)C3(CN)CCOCC3)c2)c1. The topological polar surface area (TPSA) is 105 Å². The van der Waals surface area contributed by atoms with E-state index >= 15 is 0 Å². The second kappa shape index (κ2) is 9.54. The van der Waals surface area contributed by atoms with Gasteiger partial charge in [0.05, 0.1) is 5.41 Å². The van der Waals surface area contributed by atoms with Crippen LogP contribution in [0.1, 0.15) is 24.0 Å². The molecule has 29 heavy (non-hydrogen) atoms. The summed E-state index contributed by atoms with van der Waals surface area (Å²) in [6.07, 6.45) is 1.27. The Morgan fingerprint density at radius 1 is 1.03 bits per heavy atom. The number of urea groups is 1. The van der Waals surface area contributed by atoms with Crippen molar-refractivity contribution < 1.29 is 14.3 Å². The molecule has 0 spiro atoms. The predicted molar refractivity (Wildman–Crippen MR) is 114 cm³/mol. The van der Waals surface area contributed by atoms with Gasteiger partial charge in [-0.05, 0) is 55.2 Å². The molecule has 0 aromatic heterocycles. The number of carbonyl (C=O) groups is 2. The number of anilines is 2. The minimum Gasteiger partial charge on any atom is -0.381 e. The van der Waals surface area contributed by atoms with Crippen molar-refractivity contribution in [2.24, 2.45) is 11.1 Å². The van der Waals surface area contributed by atoms with Crippen LogP contribution in [0.25, 0.3) is 0 Å². The number of hydrogen-bond donors (Lipinski definition) is 4. The van der Waals surface area contributed by atoms with Crippen molar-refractivity contribution >= 4 is 23.3 Å². The number of aryl methyl sites for hydroxylation is 1. The Morgan fingerprint density at radius 3 is 2.34 bits per heavy atom. The minimum absolute atomic E-state index is 0.0427. The summed E-state index contributed by atoms with van der Waals surface area (Å²) in [5.74, 6) is -0.0427. The molecule has 1 heterocycles. The fourth-order valence-corrected chi connectivity index (χ4v) is 3.43. The van der Waals surface area contributed by atoms with Crippen molar-refractivity contribution in [3.8, 4) is 0 Å². The standard InChI is InChI=1S/C22H28N4O3/c1-16-4-2-6-18(12-16)25-21(28)26-19-7-3-5-17(13-19)14-24-20(27)22(15-23)8-10-29-11-9-22/h2-7,12-13H,8-11,14-15,23H2,1H3,(H,24,27)(H2,25,26,28). The maximum Gasteiger partial charge on any atom is 0.323 e. The lowest BCUT2D eigenvalue weighted by Crippen LogP contribution is -2.48. The predicted octanol–water partition coefficient (Wildman–Crippen LogP) is 3.01. The van der Waals surface area contributed by atoms with E-state index < -0.39 is 5.41 Å². The normalized spacial score (nSPS) is 15.4. The Morgan fingerprint density at radius 2 is 1.69 bits per heavy atom. The average molecular weight is 396 g/mol. The third-order valence-corrected chi connectivity index (χ3v) is 5.24. The molecule has 3 rings (SSSR count). The van der Waals surface area contributed by atoms with Crippen molar-refractivity contribution in [1.82, 2.24) is 5.32 Å². The van der Waals surface area contributed by atoms with Gasteiger partial charge in [-0.25, -0.2) is 4.79 Å². The molecule has 1 aliphatic rings. The zero-order valence-corrected chi connectivity index (χ0v) is 16.7. The average Bonchev–Trinajstić information content (AvgIpc) is 2.72. The number of benzene rings is 2. The van der Waals surface area contributed by atoms with Crippen LogP contribution in [0.2, 0.25) is 0 Å². The fraction of sp³-hybridized carbons (Fsp3) is 0.364. The van der Waals surface area contributed by atoms with Gasteiger partial charge in [0.2, 0.25) is 5.91 Å². The van der Waals surface area contributed by atoms with Gasteiger partial charge in [0.15, 0.2) is 0 Å². The highest BCUT2D eigenvalue weighted by Gasteiger charge is 2.38. The maximum absolute atomic E-state index is 12.7. The molecule has 0 aliphatic carbocycles. The molecule has 0 saturated carbocycles. The zero-order chi connectivity index (χ0) is 20.7. The molecule has 5 N–H and O–H groups in total. The molecule has 2 aromatic rings. The Hall–Kier alpha value is -2.90. The lowest BCUT2D eigenvalue weighted by atomic mass is 9.79. The van der Waals surface area contributed by atoms with Gasteiger partial charge in [-0.1, -0.05) is 24.3 Å². The van der Waals surface area contributed by atoms with Gasteiger partial charge in [-0.15, -0.1) is 0 Å². The van der Waals surface area contributed by atoms with Gasteiger partial charge < -0.3 is 26.4 Å². The van der Waals surface area contributed by atoms with Crippen LogP contribution >= 0.6 is 0 Å². The van der Waals surface area contributed by atoms with Gasteiger partial charge in [-0.2, -0.15) is 0 Å². The largest absolute Gasteiger partial charge is 0.381 e. The Kier molecular flexibility index (Phi) is 6.85. The third kappa shape index (κ3) is 5.56. The zero-order valence-electron chi connectivity index (χ0n) is 16.7. The lowest BCUT2D eigenvalue weighted by Gasteiger charge is -2.34. The molecule has 1 aliphatic heterocycles. The van der Waals surface area contributed by atoms with Crippen LogP contribution in [0.5, 0.6) is 0 Å².